The van der Waals surface area contributed by atoms with Crippen molar-refractivity contribution >= 4 is 39.1 Å². The number of ether oxygens (including phenoxy) is 5. The summed E-state index contributed by atoms with van der Waals surface area (Å²) >= 11 is 0. The lowest BCUT2D eigenvalue weighted by Crippen LogP contribution is -2.28. The average Bonchev–Trinajstić information content (AvgIpc) is 2.93. The average molecular weight is 602 g/mol. The van der Waals surface area contributed by atoms with Gasteiger partial charge in [0.2, 0.25) is 11.8 Å². The number of hydrogen-bond acceptors (Lipinski definition) is 10. The summed E-state index contributed by atoms with van der Waals surface area (Å²) in [6.45, 7) is 10.4. The number of carbonyl (C=O) groups is 2. The van der Waals surface area contributed by atoms with Gasteiger partial charge in [0.05, 0.1) is 46.1 Å². The first-order valence-electron chi connectivity index (χ1n) is 13.7. The molecule has 10 nitrogen and oxygen atoms in total. The van der Waals surface area contributed by atoms with Crippen LogP contribution in [-0.4, -0.2) is 95.5 Å². The van der Waals surface area contributed by atoms with Gasteiger partial charge in [0.25, 0.3) is 0 Å². The Balaban J connectivity index is 2.24. The molecule has 0 fully saturated rings. The Hall–Kier alpha value is -1.80. The highest BCUT2D eigenvalue weighted by atomic mass is 33.1. The normalized spacial score (nSPS) is 12.1. The van der Waals surface area contributed by atoms with Crippen molar-refractivity contribution in [3.63, 3.8) is 0 Å². The van der Waals surface area contributed by atoms with Crippen LogP contribution in [0.5, 0.6) is 5.75 Å². The third kappa shape index (κ3) is 21.0. The van der Waals surface area contributed by atoms with Gasteiger partial charge in [-0.25, -0.2) is 0 Å². The maximum Gasteiger partial charge on any atom is 0.246 e. The van der Waals surface area contributed by atoms with E-state index in [1.165, 1.54) is 0 Å². The fourth-order valence-electron chi connectivity index (χ4n) is 3.05. The van der Waals surface area contributed by atoms with Crippen molar-refractivity contribution in [3.8, 4) is 5.75 Å². The summed E-state index contributed by atoms with van der Waals surface area (Å²) in [6.07, 6.45) is 7.07. The zero-order valence-corrected chi connectivity index (χ0v) is 25.9. The summed E-state index contributed by atoms with van der Waals surface area (Å²) in [5, 5.41) is 8.91. The second kappa shape index (κ2) is 25.0. The number of benzene rings is 1. The molecule has 0 heterocycles. The zero-order chi connectivity index (χ0) is 29.3. The smallest absolute Gasteiger partial charge is 0.246 e. The number of hydrogen-bond donors (Lipinski definition) is 3. The lowest BCUT2D eigenvalue weighted by molar-refractivity contribution is -0.126. The summed E-state index contributed by atoms with van der Waals surface area (Å²) in [4.78, 5) is 24.0. The molecule has 3 N–H and O–H groups in total. The first-order chi connectivity index (χ1) is 19.4. The molecule has 0 aliphatic rings. The van der Waals surface area contributed by atoms with Crippen molar-refractivity contribution in [1.82, 2.24) is 10.6 Å². The molecule has 1 unspecified atom stereocenters. The SMILES string of the molecule is CC/C=C/CNC(=O)COCCOC(COc1cccc(NC(=O)CCOCCOCCNC(C)C)c1)SSC. The van der Waals surface area contributed by atoms with Crippen molar-refractivity contribution in [2.45, 2.75) is 45.1 Å². The minimum Gasteiger partial charge on any atom is -0.490 e. The van der Waals surface area contributed by atoms with Gasteiger partial charge in [-0.05, 0) is 24.8 Å². The molecule has 0 saturated carbocycles. The van der Waals surface area contributed by atoms with E-state index in [-0.39, 0.29) is 30.3 Å². The number of allylic oxidation sites excluding steroid dienone is 1. The van der Waals surface area contributed by atoms with Gasteiger partial charge in [0.1, 0.15) is 24.4 Å². The minimum absolute atomic E-state index is 0.00427. The zero-order valence-electron chi connectivity index (χ0n) is 24.3. The highest BCUT2D eigenvalue weighted by Crippen LogP contribution is 2.26. The van der Waals surface area contributed by atoms with E-state index < -0.39 is 0 Å². The van der Waals surface area contributed by atoms with Gasteiger partial charge < -0.3 is 39.6 Å². The van der Waals surface area contributed by atoms with Crippen molar-refractivity contribution in [1.29, 1.82) is 0 Å². The van der Waals surface area contributed by atoms with E-state index in [0.29, 0.717) is 70.3 Å². The molecule has 1 rings (SSSR count). The van der Waals surface area contributed by atoms with Crippen LogP contribution >= 0.6 is 21.6 Å². The first-order valence-corrected chi connectivity index (χ1v) is 16.3. The quantitative estimate of drug-likeness (QED) is 0.0660. The summed E-state index contributed by atoms with van der Waals surface area (Å²) in [5.41, 5.74) is 0.424. The highest BCUT2D eigenvalue weighted by molar-refractivity contribution is 8.76. The van der Waals surface area contributed by atoms with Crippen LogP contribution in [0.1, 0.15) is 33.6 Å². The second-order valence-electron chi connectivity index (χ2n) is 8.77. The third-order valence-electron chi connectivity index (χ3n) is 4.94. The molecule has 12 heteroatoms. The predicted molar refractivity (Wildman–Crippen MR) is 164 cm³/mol. The lowest BCUT2D eigenvalue weighted by atomic mass is 10.3. The predicted octanol–water partition coefficient (Wildman–Crippen LogP) is 3.88. The molecule has 228 valence electrons. The van der Waals surface area contributed by atoms with Crippen LogP contribution in [0.15, 0.2) is 36.4 Å². The Morgan fingerprint density at radius 1 is 0.975 bits per heavy atom. The highest BCUT2D eigenvalue weighted by Gasteiger charge is 2.12. The van der Waals surface area contributed by atoms with E-state index >= 15 is 0 Å². The fraction of sp³-hybridized carbons (Fsp3) is 0.643. The van der Waals surface area contributed by atoms with Crippen LogP contribution in [0.4, 0.5) is 5.69 Å². The van der Waals surface area contributed by atoms with Crippen LogP contribution in [0.25, 0.3) is 0 Å². The largest absolute Gasteiger partial charge is 0.490 e. The standard InChI is InChI=1S/C28H47N3O7S2/c1-5-6-7-12-30-27(33)21-36-18-19-37-28(40-39-4)22-38-25-10-8-9-24(20-25)31-26(32)11-14-34-16-17-35-15-13-29-23(2)3/h6-10,20,23,28-29H,5,11-19,21-22H2,1-4H3,(H,30,33)(H,31,32)/b7-6+. The van der Waals surface area contributed by atoms with E-state index in [4.69, 9.17) is 23.7 Å². The number of rotatable bonds is 25. The van der Waals surface area contributed by atoms with Gasteiger partial charge in [-0.1, -0.05) is 60.6 Å². The maximum absolute atomic E-state index is 12.3. The lowest BCUT2D eigenvalue weighted by Gasteiger charge is -2.17. The molecule has 0 aliphatic heterocycles. The van der Waals surface area contributed by atoms with Crippen LogP contribution in [0.2, 0.25) is 0 Å². The fourth-order valence-corrected chi connectivity index (χ4v) is 4.51. The number of anilines is 1. The second-order valence-corrected chi connectivity index (χ2v) is 11.4. The molecule has 0 spiro atoms. The van der Waals surface area contributed by atoms with Crippen molar-refractivity contribution in [2.24, 2.45) is 0 Å². The summed E-state index contributed by atoms with van der Waals surface area (Å²) in [6, 6.07) is 7.67. The Labute approximate surface area is 247 Å². The van der Waals surface area contributed by atoms with Crippen LogP contribution in [0.3, 0.4) is 0 Å². The third-order valence-corrected chi connectivity index (χ3v) is 6.84. The number of amides is 2. The monoisotopic (exact) mass is 601 g/mol. The Morgan fingerprint density at radius 3 is 2.50 bits per heavy atom. The molecular weight excluding hydrogens is 554 g/mol. The van der Waals surface area contributed by atoms with E-state index in [0.717, 1.165) is 13.0 Å². The molecule has 0 radical (unpaired) electrons. The molecule has 40 heavy (non-hydrogen) atoms. The van der Waals surface area contributed by atoms with Crippen LogP contribution < -0.4 is 20.7 Å². The van der Waals surface area contributed by atoms with Crippen LogP contribution in [-0.2, 0) is 28.5 Å². The van der Waals surface area contributed by atoms with Crippen molar-refractivity contribution < 1.29 is 33.3 Å². The number of nitrogens with one attached hydrogen (secondary N) is 3. The van der Waals surface area contributed by atoms with Gasteiger partial charge in [-0.2, -0.15) is 0 Å². The molecule has 1 atom stereocenters. The number of carbonyl (C=O) groups excluding carboxylic acids is 2. The van der Waals surface area contributed by atoms with E-state index in [2.05, 4.69) is 29.8 Å². The Kier molecular flexibility index (Phi) is 22.6. The van der Waals surface area contributed by atoms with Crippen LogP contribution in [0, 0.1) is 0 Å². The molecule has 1 aromatic carbocycles. The van der Waals surface area contributed by atoms with Gasteiger partial charge in [-0.15, -0.1) is 0 Å². The molecule has 2 amide bonds. The van der Waals surface area contributed by atoms with Gasteiger partial charge in [-0.3, -0.25) is 9.59 Å². The first kappa shape index (κ1) is 36.2. The summed E-state index contributed by atoms with van der Waals surface area (Å²) < 4.78 is 28.1. The van der Waals surface area contributed by atoms with Gasteiger partial charge >= 0.3 is 0 Å². The maximum atomic E-state index is 12.3. The molecule has 0 bridgehead atoms. The van der Waals surface area contributed by atoms with Crippen molar-refractivity contribution in [3.05, 3.63) is 36.4 Å². The Bertz CT molecular complexity index is 831. The summed E-state index contributed by atoms with van der Waals surface area (Å²) in [7, 11) is 3.12. The topological polar surface area (TPSA) is 116 Å². The molecular formula is C28H47N3O7S2. The van der Waals surface area contributed by atoms with Gasteiger partial charge in [0.15, 0.2) is 0 Å². The molecule has 0 saturated heterocycles. The molecule has 0 aromatic heterocycles. The van der Waals surface area contributed by atoms with E-state index in [1.807, 2.05) is 43.5 Å². The molecule has 1 aromatic rings. The van der Waals surface area contributed by atoms with E-state index in [9.17, 15) is 9.59 Å². The molecule has 0 aliphatic carbocycles. The van der Waals surface area contributed by atoms with Crippen molar-refractivity contribution in [2.75, 3.05) is 77.5 Å². The van der Waals surface area contributed by atoms with Gasteiger partial charge in [0, 0.05) is 30.9 Å². The summed E-state index contributed by atoms with van der Waals surface area (Å²) in [5.74, 6) is 0.331. The Morgan fingerprint density at radius 2 is 1.75 bits per heavy atom. The van der Waals surface area contributed by atoms with E-state index in [1.54, 1.807) is 27.7 Å². The minimum atomic E-state index is -0.225.